The number of hydrogen-bond donors (Lipinski definition) is 2. The smallest absolute Gasteiger partial charge is 0.329 e. The summed E-state index contributed by atoms with van der Waals surface area (Å²) in [5.74, 6) is -4.74. The number of nitrogens with zero attached hydrogens (tertiary/aromatic N) is 1. The van der Waals surface area contributed by atoms with Crippen molar-refractivity contribution in [3.05, 3.63) is 108 Å². The number of esters is 3. The minimum absolute atomic E-state index is 0.00629. The monoisotopic (exact) mass is 698 g/mol. The third-order valence-electron chi connectivity index (χ3n) is 8.58. The van der Waals surface area contributed by atoms with Gasteiger partial charge in [-0.05, 0) is 62.4 Å². The zero-order valence-electron chi connectivity index (χ0n) is 29.7. The van der Waals surface area contributed by atoms with Gasteiger partial charge in [-0.2, -0.15) is 0 Å². The Labute approximate surface area is 298 Å². The van der Waals surface area contributed by atoms with Gasteiger partial charge in [0.1, 0.15) is 36.9 Å². The molecule has 0 radical (unpaired) electrons. The summed E-state index contributed by atoms with van der Waals surface area (Å²) >= 11 is 0. The molecule has 0 unspecified atom stereocenters. The van der Waals surface area contributed by atoms with E-state index >= 15 is 0 Å². The Morgan fingerprint density at radius 1 is 0.843 bits per heavy atom. The number of rotatable bonds is 16. The molecule has 3 aromatic carbocycles. The van der Waals surface area contributed by atoms with Crippen LogP contribution in [0.1, 0.15) is 70.1 Å². The molecule has 3 aromatic rings. The Morgan fingerprint density at radius 2 is 1.41 bits per heavy atom. The van der Waals surface area contributed by atoms with E-state index in [0.29, 0.717) is 5.56 Å². The number of fused-ring (bicyclic) bond motifs is 3. The van der Waals surface area contributed by atoms with E-state index in [2.05, 4.69) is 11.9 Å². The van der Waals surface area contributed by atoms with Crippen LogP contribution in [0.2, 0.25) is 0 Å². The first-order valence-corrected chi connectivity index (χ1v) is 16.8. The fraction of sp³-hybridized carbons (Fsp3) is 0.375. The van der Waals surface area contributed by atoms with Gasteiger partial charge in [-0.1, -0.05) is 91.5 Å². The summed E-state index contributed by atoms with van der Waals surface area (Å²) in [5, 5.41) is 13.4. The van der Waals surface area contributed by atoms with Gasteiger partial charge in [0.05, 0.1) is 12.0 Å². The van der Waals surface area contributed by atoms with Gasteiger partial charge in [-0.15, -0.1) is 0 Å². The predicted molar refractivity (Wildman–Crippen MR) is 190 cm³/mol. The molecule has 270 valence electrons. The highest BCUT2D eigenvalue weighted by atomic mass is 16.6. The second kappa shape index (κ2) is 16.6. The number of hydrogen-bond acceptors (Lipinski definition) is 9. The molecular formula is C40H46N2O9. The number of aliphatic carboxylic acids is 1. The van der Waals surface area contributed by atoms with Crippen molar-refractivity contribution in [3.63, 3.8) is 0 Å². The molecular weight excluding hydrogens is 652 g/mol. The van der Waals surface area contributed by atoms with Crippen LogP contribution < -0.4 is 5.32 Å². The van der Waals surface area contributed by atoms with Crippen LogP contribution >= 0.6 is 0 Å². The lowest BCUT2D eigenvalue weighted by molar-refractivity contribution is -0.172. The molecule has 0 aromatic heterocycles. The predicted octanol–water partition coefficient (Wildman–Crippen LogP) is 5.41. The standard InChI is InChI=1S/C40H46N2O9/c1-7-23-49-33(44)22-21-32(43)42(31(37(47)51-39(2,3)4)24-26-15-9-8-10-16-26)40(5,6)35(36(45)46)41-25-50-38(48)34-29-19-13-11-17-27(29)28-18-12-14-20-30(28)34/h7-20,31,34-35,41H,1,21-25H2,2-6H3,(H,45,46)/t31-,35+/m0/s1. The van der Waals surface area contributed by atoms with Crippen molar-refractivity contribution in [2.75, 3.05) is 13.3 Å². The normalized spacial score (nSPS) is 13.6. The van der Waals surface area contributed by atoms with Gasteiger partial charge in [-0.25, -0.2) is 4.79 Å². The number of carboxylic acids is 1. The van der Waals surface area contributed by atoms with Gasteiger partial charge in [0.25, 0.3) is 0 Å². The Hall–Kier alpha value is -5.29. The number of amides is 1. The molecule has 11 nitrogen and oxygen atoms in total. The van der Waals surface area contributed by atoms with E-state index in [1.54, 1.807) is 45.0 Å². The molecule has 1 aliphatic rings. The Kier molecular flexibility index (Phi) is 12.5. The van der Waals surface area contributed by atoms with E-state index in [1.807, 2.05) is 54.6 Å². The van der Waals surface area contributed by atoms with E-state index < -0.39 is 65.7 Å². The molecule has 4 rings (SSSR count). The molecule has 1 aliphatic carbocycles. The lowest BCUT2D eigenvalue weighted by Crippen LogP contribution is -2.67. The van der Waals surface area contributed by atoms with Gasteiger partial charge in [0, 0.05) is 12.8 Å². The van der Waals surface area contributed by atoms with Gasteiger partial charge in [-0.3, -0.25) is 24.5 Å². The second-order valence-electron chi connectivity index (χ2n) is 13.8. The lowest BCUT2D eigenvalue weighted by Gasteiger charge is -2.46. The highest BCUT2D eigenvalue weighted by Crippen LogP contribution is 2.45. The molecule has 11 heteroatoms. The van der Waals surface area contributed by atoms with Crippen LogP contribution in [0.5, 0.6) is 0 Å². The maximum absolute atomic E-state index is 14.2. The lowest BCUT2D eigenvalue weighted by atomic mass is 9.88. The molecule has 0 fully saturated rings. The number of carboxylic acid groups (broad SMARTS) is 1. The van der Waals surface area contributed by atoms with E-state index in [0.717, 1.165) is 22.3 Å². The average Bonchev–Trinajstić information content (AvgIpc) is 3.41. The van der Waals surface area contributed by atoms with Crippen molar-refractivity contribution in [1.82, 2.24) is 10.2 Å². The van der Waals surface area contributed by atoms with E-state index in [9.17, 15) is 29.1 Å². The van der Waals surface area contributed by atoms with Crippen LogP contribution in [0.4, 0.5) is 0 Å². The second-order valence-corrected chi connectivity index (χ2v) is 13.8. The summed E-state index contributed by atoms with van der Waals surface area (Å²) in [6.07, 6.45) is 0.690. The maximum atomic E-state index is 14.2. The summed E-state index contributed by atoms with van der Waals surface area (Å²) in [6.45, 7) is 11.0. The highest BCUT2D eigenvalue weighted by Gasteiger charge is 2.48. The maximum Gasteiger partial charge on any atom is 0.329 e. The fourth-order valence-corrected chi connectivity index (χ4v) is 6.40. The molecule has 0 bridgehead atoms. The van der Waals surface area contributed by atoms with Crippen LogP contribution in [0.15, 0.2) is 91.5 Å². The molecule has 0 heterocycles. The quantitative estimate of drug-likeness (QED) is 0.0861. The van der Waals surface area contributed by atoms with Crippen molar-refractivity contribution in [3.8, 4) is 11.1 Å². The topological polar surface area (TPSA) is 149 Å². The van der Waals surface area contributed by atoms with Crippen LogP contribution in [-0.2, 0) is 44.6 Å². The number of ether oxygens (including phenoxy) is 3. The Balaban J connectivity index is 1.64. The van der Waals surface area contributed by atoms with E-state index in [4.69, 9.17) is 14.2 Å². The largest absolute Gasteiger partial charge is 0.480 e. The minimum Gasteiger partial charge on any atom is -0.480 e. The number of carbonyl (C=O) groups excluding carboxylic acids is 4. The van der Waals surface area contributed by atoms with Gasteiger partial charge >= 0.3 is 23.9 Å². The van der Waals surface area contributed by atoms with Crippen molar-refractivity contribution in [2.24, 2.45) is 0 Å². The zero-order chi connectivity index (χ0) is 37.3. The molecule has 2 N–H and O–H groups in total. The Bertz CT molecular complexity index is 1700. The SMILES string of the molecule is C=CCOC(=O)CCC(=O)N([C@@H](Cc1ccccc1)C(=O)OC(C)(C)C)C(C)(C)[C@H](NCOC(=O)C1c2ccccc2-c2ccccc21)C(=O)O. The Morgan fingerprint density at radius 3 is 1.96 bits per heavy atom. The molecule has 51 heavy (non-hydrogen) atoms. The molecule has 2 atom stereocenters. The summed E-state index contributed by atoms with van der Waals surface area (Å²) in [5.41, 5.74) is 1.51. The van der Waals surface area contributed by atoms with Gasteiger partial charge < -0.3 is 24.2 Å². The van der Waals surface area contributed by atoms with Crippen LogP contribution in [0.25, 0.3) is 11.1 Å². The van der Waals surface area contributed by atoms with Crippen LogP contribution in [-0.4, -0.2) is 76.4 Å². The number of nitrogens with one attached hydrogen (secondary N) is 1. The highest BCUT2D eigenvalue weighted by molar-refractivity contribution is 5.93. The summed E-state index contributed by atoms with van der Waals surface area (Å²) in [4.78, 5) is 68.2. The van der Waals surface area contributed by atoms with Crippen molar-refractivity contribution < 1.29 is 43.3 Å². The first kappa shape index (κ1) is 38.5. The number of carbonyl (C=O) groups is 5. The fourth-order valence-electron chi connectivity index (χ4n) is 6.40. The van der Waals surface area contributed by atoms with Crippen molar-refractivity contribution in [1.29, 1.82) is 0 Å². The zero-order valence-corrected chi connectivity index (χ0v) is 29.7. The van der Waals surface area contributed by atoms with Crippen molar-refractivity contribution >= 4 is 29.8 Å². The van der Waals surface area contributed by atoms with Gasteiger partial charge in [0.2, 0.25) is 5.91 Å². The molecule has 0 saturated heterocycles. The molecule has 0 spiro atoms. The van der Waals surface area contributed by atoms with Crippen LogP contribution in [0, 0.1) is 0 Å². The average molecular weight is 699 g/mol. The third kappa shape index (κ3) is 9.49. The molecule has 0 aliphatic heterocycles. The summed E-state index contributed by atoms with van der Waals surface area (Å²) < 4.78 is 16.5. The molecule has 0 saturated carbocycles. The van der Waals surface area contributed by atoms with Crippen molar-refractivity contribution in [2.45, 2.75) is 83.0 Å². The number of benzene rings is 3. The first-order valence-electron chi connectivity index (χ1n) is 16.8. The third-order valence-corrected chi connectivity index (χ3v) is 8.58. The summed E-state index contributed by atoms with van der Waals surface area (Å²) in [6, 6.07) is 21.1. The minimum atomic E-state index is -1.65. The molecule has 1 amide bonds. The van der Waals surface area contributed by atoms with Crippen LogP contribution in [0.3, 0.4) is 0 Å². The van der Waals surface area contributed by atoms with Gasteiger partial charge in [0.15, 0.2) is 0 Å². The summed E-state index contributed by atoms with van der Waals surface area (Å²) in [7, 11) is 0. The first-order chi connectivity index (χ1) is 24.2. The van der Waals surface area contributed by atoms with E-state index in [1.165, 1.54) is 24.8 Å². The van der Waals surface area contributed by atoms with E-state index in [-0.39, 0.29) is 25.9 Å².